The summed E-state index contributed by atoms with van der Waals surface area (Å²) in [5.41, 5.74) is 1.89. The second-order valence-corrected chi connectivity index (χ2v) is 6.09. The van der Waals surface area contributed by atoms with Gasteiger partial charge in [-0.05, 0) is 35.9 Å². The highest BCUT2D eigenvalue weighted by molar-refractivity contribution is 8.00. The van der Waals surface area contributed by atoms with Gasteiger partial charge in [-0.15, -0.1) is 11.8 Å². The molecule has 6 heteroatoms. The van der Waals surface area contributed by atoms with Crippen molar-refractivity contribution in [2.75, 3.05) is 17.8 Å². The normalized spacial score (nSPS) is 13.7. The van der Waals surface area contributed by atoms with Crippen LogP contribution in [0.4, 0.5) is 10.1 Å². The lowest BCUT2D eigenvalue weighted by molar-refractivity contribution is -0.116. The molecule has 4 nitrogen and oxygen atoms in total. The lowest BCUT2D eigenvalue weighted by Crippen LogP contribution is -2.35. The number of carbonyl (C=O) groups is 2. The Morgan fingerprint density at radius 2 is 2.00 bits per heavy atom. The van der Waals surface area contributed by atoms with Gasteiger partial charge in [-0.2, -0.15) is 0 Å². The number of ether oxygens (including phenoxy) is 1. The number of amides is 1. The molecule has 0 saturated heterocycles. The average molecular weight is 331 g/mol. The lowest BCUT2D eigenvalue weighted by Gasteiger charge is -2.29. The Morgan fingerprint density at radius 1 is 1.26 bits per heavy atom. The van der Waals surface area contributed by atoms with Crippen LogP contribution in [0.25, 0.3) is 0 Å². The minimum Gasteiger partial charge on any atom is -0.465 e. The van der Waals surface area contributed by atoms with E-state index < -0.39 is 5.97 Å². The second kappa shape index (κ2) is 6.42. The minimum atomic E-state index is -0.447. The van der Waals surface area contributed by atoms with Gasteiger partial charge in [0.1, 0.15) is 5.82 Å². The summed E-state index contributed by atoms with van der Waals surface area (Å²) < 4.78 is 17.8. The van der Waals surface area contributed by atoms with E-state index >= 15 is 0 Å². The Hall–Kier alpha value is -2.34. The molecule has 1 heterocycles. The van der Waals surface area contributed by atoms with Crippen LogP contribution in [-0.4, -0.2) is 24.7 Å². The Kier molecular flexibility index (Phi) is 4.34. The van der Waals surface area contributed by atoms with Gasteiger partial charge >= 0.3 is 5.97 Å². The predicted molar refractivity (Wildman–Crippen MR) is 86.1 cm³/mol. The van der Waals surface area contributed by atoms with E-state index in [1.54, 1.807) is 29.2 Å². The Balaban J connectivity index is 1.96. The summed E-state index contributed by atoms with van der Waals surface area (Å²) in [6.45, 7) is 0.331. The first-order valence-corrected chi connectivity index (χ1v) is 7.97. The van der Waals surface area contributed by atoms with E-state index in [1.807, 2.05) is 6.07 Å². The summed E-state index contributed by atoms with van der Waals surface area (Å²) in [7, 11) is 1.32. The van der Waals surface area contributed by atoms with E-state index in [0.29, 0.717) is 23.5 Å². The molecule has 0 radical (unpaired) electrons. The Morgan fingerprint density at radius 3 is 2.70 bits per heavy atom. The first-order valence-electron chi connectivity index (χ1n) is 6.98. The van der Waals surface area contributed by atoms with Gasteiger partial charge in [0.15, 0.2) is 0 Å². The molecule has 0 spiro atoms. The minimum absolute atomic E-state index is 0.0474. The summed E-state index contributed by atoms with van der Waals surface area (Å²) >= 11 is 1.44. The van der Waals surface area contributed by atoms with Crippen LogP contribution in [0.1, 0.15) is 15.9 Å². The van der Waals surface area contributed by atoms with Gasteiger partial charge in [0, 0.05) is 4.90 Å². The fraction of sp³-hybridized carbons (Fsp3) is 0.176. The van der Waals surface area contributed by atoms with Crippen LogP contribution < -0.4 is 4.90 Å². The molecule has 0 aliphatic carbocycles. The maximum absolute atomic E-state index is 13.0. The molecular weight excluding hydrogens is 317 g/mol. The monoisotopic (exact) mass is 331 g/mol. The smallest absolute Gasteiger partial charge is 0.337 e. The van der Waals surface area contributed by atoms with Gasteiger partial charge in [-0.1, -0.05) is 12.1 Å². The van der Waals surface area contributed by atoms with Crippen molar-refractivity contribution in [1.29, 1.82) is 0 Å². The maximum Gasteiger partial charge on any atom is 0.337 e. The number of halogens is 1. The maximum atomic E-state index is 13.0. The summed E-state index contributed by atoms with van der Waals surface area (Å²) in [5.74, 6) is -0.472. The van der Waals surface area contributed by atoms with E-state index in [1.165, 1.54) is 31.0 Å². The van der Waals surface area contributed by atoms with Gasteiger partial charge in [0.05, 0.1) is 30.7 Å². The highest BCUT2D eigenvalue weighted by atomic mass is 32.2. The molecule has 0 fully saturated rings. The quantitative estimate of drug-likeness (QED) is 0.810. The number of methoxy groups -OCH3 is 1. The number of anilines is 1. The van der Waals surface area contributed by atoms with Gasteiger partial charge in [0.25, 0.3) is 0 Å². The fourth-order valence-electron chi connectivity index (χ4n) is 2.39. The van der Waals surface area contributed by atoms with Crippen LogP contribution in [0.5, 0.6) is 0 Å². The van der Waals surface area contributed by atoms with Crippen LogP contribution in [0.3, 0.4) is 0 Å². The van der Waals surface area contributed by atoms with Crippen LogP contribution in [0, 0.1) is 5.82 Å². The number of thioether (sulfide) groups is 1. The van der Waals surface area contributed by atoms with Crippen LogP contribution in [-0.2, 0) is 16.1 Å². The third kappa shape index (κ3) is 3.22. The zero-order valence-electron chi connectivity index (χ0n) is 12.4. The molecule has 1 amide bonds. The van der Waals surface area contributed by atoms with Crippen molar-refractivity contribution < 1.29 is 18.7 Å². The molecule has 0 N–H and O–H groups in total. The molecule has 0 atom stereocenters. The number of carbonyl (C=O) groups excluding carboxylic acids is 2. The first-order chi connectivity index (χ1) is 11.1. The van der Waals surface area contributed by atoms with Crippen molar-refractivity contribution in [2.24, 2.45) is 0 Å². The van der Waals surface area contributed by atoms with Gasteiger partial charge in [-0.3, -0.25) is 4.79 Å². The van der Waals surface area contributed by atoms with E-state index in [-0.39, 0.29) is 11.7 Å². The Labute approximate surface area is 137 Å². The third-order valence-corrected chi connectivity index (χ3v) is 4.62. The van der Waals surface area contributed by atoms with Crippen molar-refractivity contribution in [3.05, 3.63) is 59.4 Å². The molecule has 3 rings (SSSR count). The molecule has 0 bridgehead atoms. The van der Waals surface area contributed by atoms with E-state index in [9.17, 15) is 14.0 Å². The van der Waals surface area contributed by atoms with Crippen molar-refractivity contribution in [1.82, 2.24) is 0 Å². The lowest BCUT2D eigenvalue weighted by atomic mass is 10.1. The van der Waals surface area contributed by atoms with Gasteiger partial charge in [-0.25, -0.2) is 9.18 Å². The van der Waals surface area contributed by atoms with Crippen molar-refractivity contribution >= 4 is 29.3 Å². The van der Waals surface area contributed by atoms with Crippen molar-refractivity contribution in [3.63, 3.8) is 0 Å². The van der Waals surface area contributed by atoms with Crippen LogP contribution >= 0.6 is 11.8 Å². The molecule has 0 saturated carbocycles. The largest absolute Gasteiger partial charge is 0.465 e. The highest BCUT2D eigenvalue weighted by Crippen LogP contribution is 2.37. The summed E-state index contributed by atoms with van der Waals surface area (Å²) in [6, 6.07) is 11.2. The topological polar surface area (TPSA) is 46.6 Å². The second-order valence-electron chi connectivity index (χ2n) is 5.07. The molecule has 1 aliphatic heterocycles. The molecule has 2 aromatic carbocycles. The van der Waals surface area contributed by atoms with Crippen LogP contribution in [0.2, 0.25) is 0 Å². The zero-order chi connectivity index (χ0) is 16.4. The molecule has 23 heavy (non-hydrogen) atoms. The molecule has 1 aliphatic rings. The molecular formula is C17H14FNO3S. The SMILES string of the molecule is COC(=O)c1ccc2c(c1)N(Cc1ccc(F)cc1)C(=O)CS2. The number of benzene rings is 2. The van der Waals surface area contributed by atoms with E-state index in [0.717, 1.165) is 10.5 Å². The summed E-state index contributed by atoms with van der Waals surface area (Å²) in [6.07, 6.45) is 0. The highest BCUT2D eigenvalue weighted by Gasteiger charge is 2.26. The molecule has 0 aromatic heterocycles. The number of fused-ring (bicyclic) bond motifs is 1. The number of hydrogen-bond donors (Lipinski definition) is 0. The van der Waals surface area contributed by atoms with Crippen molar-refractivity contribution in [2.45, 2.75) is 11.4 Å². The average Bonchev–Trinajstić information content (AvgIpc) is 2.58. The zero-order valence-corrected chi connectivity index (χ0v) is 13.2. The van der Waals surface area contributed by atoms with Crippen LogP contribution in [0.15, 0.2) is 47.4 Å². The standard InChI is InChI=1S/C17H14FNO3S/c1-22-17(21)12-4-7-15-14(8-12)19(16(20)10-23-15)9-11-2-5-13(18)6-3-11/h2-8H,9-10H2,1H3. The number of hydrogen-bond acceptors (Lipinski definition) is 4. The third-order valence-electron chi connectivity index (χ3n) is 3.58. The summed E-state index contributed by atoms with van der Waals surface area (Å²) in [5, 5.41) is 0. The van der Waals surface area contributed by atoms with E-state index in [4.69, 9.17) is 4.74 Å². The predicted octanol–water partition coefficient (Wildman–Crippen LogP) is 3.25. The summed E-state index contributed by atoms with van der Waals surface area (Å²) in [4.78, 5) is 26.5. The first kappa shape index (κ1) is 15.6. The number of rotatable bonds is 3. The van der Waals surface area contributed by atoms with Gasteiger partial charge in [0.2, 0.25) is 5.91 Å². The van der Waals surface area contributed by atoms with Crippen molar-refractivity contribution in [3.8, 4) is 0 Å². The van der Waals surface area contributed by atoms with Gasteiger partial charge < -0.3 is 9.64 Å². The molecule has 118 valence electrons. The van der Waals surface area contributed by atoms with E-state index in [2.05, 4.69) is 0 Å². The Bertz CT molecular complexity index is 761. The number of nitrogens with zero attached hydrogens (tertiary/aromatic N) is 1. The molecule has 2 aromatic rings. The molecule has 0 unspecified atom stereocenters. The fourth-order valence-corrected chi connectivity index (χ4v) is 3.31. The number of esters is 1.